The maximum Gasteiger partial charge on any atom is 0.276 e. The van der Waals surface area contributed by atoms with Crippen LogP contribution in [0.1, 0.15) is 24.8 Å². The number of carbonyl (C=O) groups is 1. The van der Waals surface area contributed by atoms with Crippen LogP contribution in [0.2, 0.25) is 0 Å². The van der Waals surface area contributed by atoms with Crippen LogP contribution in [0.15, 0.2) is 30.3 Å². The molecule has 1 saturated heterocycles. The lowest BCUT2D eigenvalue weighted by Crippen LogP contribution is -2.48. The molecule has 1 fully saturated rings. The third-order valence-electron chi connectivity index (χ3n) is 4.03. The largest absolute Gasteiger partial charge is 0.335 e. The fourth-order valence-electron chi connectivity index (χ4n) is 2.80. The highest BCUT2D eigenvalue weighted by molar-refractivity contribution is 7.88. The molecule has 1 aliphatic heterocycles. The first kappa shape index (κ1) is 19.1. The molecule has 1 aliphatic rings. The van der Waals surface area contributed by atoms with Crippen molar-refractivity contribution in [2.75, 3.05) is 19.3 Å². The van der Waals surface area contributed by atoms with Gasteiger partial charge in [0.1, 0.15) is 0 Å². The van der Waals surface area contributed by atoms with E-state index >= 15 is 0 Å². The van der Waals surface area contributed by atoms with Crippen LogP contribution >= 0.6 is 0 Å². The Kier molecular flexibility index (Phi) is 6.27. The molecule has 0 bridgehead atoms. The van der Waals surface area contributed by atoms with Gasteiger partial charge in [0.15, 0.2) is 0 Å². The summed E-state index contributed by atoms with van der Waals surface area (Å²) in [5.41, 5.74) is 0.282. The fourth-order valence-corrected chi connectivity index (χ4v) is 3.30. The van der Waals surface area contributed by atoms with Crippen molar-refractivity contribution >= 4 is 27.7 Å². The zero-order chi connectivity index (χ0) is 18.4. The number of benzene rings is 1. The van der Waals surface area contributed by atoms with Gasteiger partial charge in [-0.1, -0.05) is 12.1 Å². The number of likely N-dealkylation sites (tertiary alicyclic amines) is 1. The second-order valence-corrected chi connectivity index (χ2v) is 7.78. The lowest BCUT2D eigenvalue weighted by atomic mass is 10.0. The number of rotatable bonds is 6. The van der Waals surface area contributed by atoms with Gasteiger partial charge in [0.05, 0.1) is 16.7 Å². The number of para-hydroxylation sites is 1. The van der Waals surface area contributed by atoms with E-state index in [4.69, 9.17) is 0 Å². The molecule has 0 spiro atoms. The number of amides is 1. The number of nitro benzene ring substituents is 1. The summed E-state index contributed by atoms with van der Waals surface area (Å²) in [6.07, 6.45) is 6.30. The van der Waals surface area contributed by atoms with Crippen LogP contribution in [0.25, 0.3) is 6.08 Å². The van der Waals surface area contributed by atoms with Crippen LogP contribution in [0, 0.1) is 10.1 Å². The second kappa shape index (κ2) is 8.21. The molecule has 9 heteroatoms. The molecule has 1 heterocycles. The van der Waals surface area contributed by atoms with E-state index in [0.29, 0.717) is 18.5 Å². The zero-order valence-electron chi connectivity index (χ0n) is 13.9. The highest BCUT2D eigenvalue weighted by Gasteiger charge is 2.26. The van der Waals surface area contributed by atoms with E-state index < -0.39 is 14.9 Å². The van der Waals surface area contributed by atoms with E-state index in [0.717, 1.165) is 19.1 Å². The predicted molar refractivity (Wildman–Crippen MR) is 94.3 cm³/mol. The van der Waals surface area contributed by atoms with E-state index in [1.807, 2.05) is 0 Å². The molecule has 0 aliphatic carbocycles. The molecule has 1 atom stereocenters. The van der Waals surface area contributed by atoms with Crippen molar-refractivity contribution < 1.29 is 18.1 Å². The van der Waals surface area contributed by atoms with E-state index in [1.54, 1.807) is 23.1 Å². The number of sulfonamides is 1. The van der Waals surface area contributed by atoms with E-state index in [1.165, 1.54) is 18.2 Å². The Morgan fingerprint density at radius 2 is 2.12 bits per heavy atom. The van der Waals surface area contributed by atoms with Gasteiger partial charge in [-0.05, 0) is 31.4 Å². The Labute approximate surface area is 146 Å². The van der Waals surface area contributed by atoms with Crippen molar-refractivity contribution in [3.8, 4) is 0 Å². The summed E-state index contributed by atoms with van der Waals surface area (Å²) in [4.78, 5) is 24.6. The number of hydrogen-bond acceptors (Lipinski definition) is 5. The lowest BCUT2D eigenvalue weighted by Gasteiger charge is -2.35. The maximum absolute atomic E-state index is 12.5. The van der Waals surface area contributed by atoms with E-state index in [9.17, 15) is 23.3 Å². The van der Waals surface area contributed by atoms with Crippen LogP contribution in [-0.2, 0) is 14.8 Å². The van der Waals surface area contributed by atoms with Crippen LogP contribution < -0.4 is 4.72 Å². The number of nitrogens with one attached hydrogen (secondary N) is 1. The molecule has 1 N–H and O–H groups in total. The molecule has 1 amide bonds. The topological polar surface area (TPSA) is 110 Å². The summed E-state index contributed by atoms with van der Waals surface area (Å²) < 4.78 is 25.0. The van der Waals surface area contributed by atoms with Crippen LogP contribution in [-0.4, -0.2) is 49.5 Å². The number of nitrogens with zero attached hydrogens (tertiary/aromatic N) is 2. The molecular weight excluding hydrogens is 346 g/mol. The molecule has 1 aromatic rings. The maximum atomic E-state index is 12.5. The van der Waals surface area contributed by atoms with Gasteiger partial charge >= 0.3 is 0 Å². The first-order valence-electron chi connectivity index (χ1n) is 7.94. The van der Waals surface area contributed by atoms with Crippen molar-refractivity contribution in [1.82, 2.24) is 9.62 Å². The van der Waals surface area contributed by atoms with E-state index in [2.05, 4.69) is 4.72 Å². The van der Waals surface area contributed by atoms with E-state index in [-0.39, 0.29) is 24.2 Å². The number of carbonyl (C=O) groups excluding carboxylic acids is 1. The molecule has 0 radical (unpaired) electrons. The Morgan fingerprint density at radius 1 is 1.40 bits per heavy atom. The van der Waals surface area contributed by atoms with Gasteiger partial charge in [0.25, 0.3) is 5.69 Å². The molecule has 136 valence electrons. The summed E-state index contributed by atoms with van der Waals surface area (Å²) >= 11 is 0. The average Bonchev–Trinajstić information content (AvgIpc) is 2.57. The lowest BCUT2D eigenvalue weighted by molar-refractivity contribution is -0.385. The first-order valence-corrected chi connectivity index (χ1v) is 9.84. The van der Waals surface area contributed by atoms with Crippen molar-refractivity contribution in [3.05, 3.63) is 46.0 Å². The molecule has 25 heavy (non-hydrogen) atoms. The van der Waals surface area contributed by atoms with Gasteiger partial charge in [-0.3, -0.25) is 14.9 Å². The third kappa shape index (κ3) is 5.64. The number of piperidine rings is 1. The van der Waals surface area contributed by atoms with Crippen molar-refractivity contribution in [2.24, 2.45) is 0 Å². The number of hydrogen-bond donors (Lipinski definition) is 1. The van der Waals surface area contributed by atoms with Gasteiger partial charge < -0.3 is 4.90 Å². The van der Waals surface area contributed by atoms with Crippen LogP contribution in [0.3, 0.4) is 0 Å². The highest BCUT2D eigenvalue weighted by Crippen LogP contribution is 2.21. The summed E-state index contributed by atoms with van der Waals surface area (Å²) in [6.45, 7) is 0.708. The van der Waals surface area contributed by atoms with Gasteiger partial charge in [-0.2, -0.15) is 0 Å². The quantitative estimate of drug-likeness (QED) is 0.466. The Bertz CT molecular complexity index is 776. The minimum atomic E-state index is -3.32. The molecule has 1 aromatic carbocycles. The zero-order valence-corrected chi connectivity index (χ0v) is 14.7. The Morgan fingerprint density at radius 3 is 2.80 bits per heavy atom. The van der Waals surface area contributed by atoms with Gasteiger partial charge in [-0.25, -0.2) is 13.1 Å². The molecule has 1 unspecified atom stereocenters. The van der Waals surface area contributed by atoms with Crippen molar-refractivity contribution in [2.45, 2.75) is 25.3 Å². The third-order valence-corrected chi connectivity index (χ3v) is 4.72. The highest BCUT2D eigenvalue weighted by atomic mass is 32.2. The predicted octanol–water partition coefficient (Wildman–Crippen LogP) is 1.54. The van der Waals surface area contributed by atoms with Gasteiger partial charge in [0, 0.05) is 31.3 Å². The smallest absolute Gasteiger partial charge is 0.276 e. The Hall–Kier alpha value is -2.26. The normalized spacial score (nSPS) is 18.4. The SMILES string of the molecule is CS(=O)(=O)NCC1CCCCN1C(=O)/C=C/c1ccccc1[N+](=O)[O-]. The first-order chi connectivity index (χ1) is 11.8. The average molecular weight is 367 g/mol. The van der Waals surface area contributed by atoms with Gasteiger partial charge in [-0.15, -0.1) is 0 Å². The minimum Gasteiger partial charge on any atom is -0.335 e. The monoisotopic (exact) mass is 367 g/mol. The summed E-state index contributed by atoms with van der Waals surface area (Å²) in [7, 11) is -3.32. The second-order valence-electron chi connectivity index (χ2n) is 5.95. The van der Waals surface area contributed by atoms with Crippen LogP contribution in [0.4, 0.5) is 5.69 Å². The van der Waals surface area contributed by atoms with Crippen molar-refractivity contribution in [1.29, 1.82) is 0 Å². The molecule has 2 rings (SSSR count). The molecule has 0 aromatic heterocycles. The summed E-state index contributed by atoms with van der Waals surface area (Å²) in [5.74, 6) is -0.279. The number of nitro groups is 1. The summed E-state index contributed by atoms with van der Waals surface area (Å²) in [5, 5.41) is 11.0. The van der Waals surface area contributed by atoms with Crippen LogP contribution in [0.5, 0.6) is 0 Å². The summed E-state index contributed by atoms with van der Waals surface area (Å²) in [6, 6.07) is 5.96. The molecular formula is C16H21N3O5S. The van der Waals surface area contributed by atoms with Gasteiger partial charge in [0.2, 0.25) is 15.9 Å². The van der Waals surface area contributed by atoms with Crippen molar-refractivity contribution in [3.63, 3.8) is 0 Å². The molecule has 0 saturated carbocycles. The standard InChI is InChI=1S/C16H21N3O5S/c1-25(23,24)17-12-14-7-4-5-11-18(14)16(20)10-9-13-6-2-3-8-15(13)19(21)22/h2-3,6,8-10,14,17H,4-5,7,11-12H2,1H3/b10-9+. The fraction of sp³-hybridized carbons (Fsp3) is 0.438. The minimum absolute atomic E-state index is 0.0690. The molecule has 8 nitrogen and oxygen atoms in total. The Balaban J connectivity index is 2.11.